The Morgan fingerprint density at radius 2 is 1.72 bits per heavy atom. The summed E-state index contributed by atoms with van der Waals surface area (Å²) in [5.41, 5.74) is 0.139. The Morgan fingerprint density at radius 3 is 2.30 bits per heavy atom. The molecule has 1 fully saturated rings. The van der Waals surface area contributed by atoms with Crippen LogP contribution in [0.1, 0.15) is 66.4 Å². The first-order chi connectivity index (χ1) is 21.7. The van der Waals surface area contributed by atoms with Crippen LogP contribution < -0.4 is 21.3 Å². The molecule has 4 N–H and O–H groups in total. The summed E-state index contributed by atoms with van der Waals surface area (Å²) in [5, 5.41) is 11.1. The lowest BCUT2D eigenvalue weighted by molar-refractivity contribution is -0.136. The Kier molecular flexibility index (Phi) is 15.4. The maximum atomic E-state index is 13.7. The maximum Gasteiger partial charge on any atom is 0.408 e. The van der Waals surface area contributed by atoms with E-state index in [1.807, 2.05) is 65.0 Å². The van der Waals surface area contributed by atoms with Crippen molar-refractivity contribution in [3.05, 3.63) is 60.7 Å². The topological polar surface area (TPSA) is 161 Å². The van der Waals surface area contributed by atoms with Gasteiger partial charge in [-0.1, -0.05) is 62.9 Å². The summed E-state index contributed by atoms with van der Waals surface area (Å²) in [6, 6.07) is 6.22. The van der Waals surface area contributed by atoms with E-state index < -0.39 is 53.7 Å². The van der Waals surface area contributed by atoms with Gasteiger partial charge in [-0.2, -0.15) is 0 Å². The van der Waals surface area contributed by atoms with Crippen LogP contribution in [0, 0.1) is 11.8 Å². The van der Waals surface area contributed by atoms with Gasteiger partial charge < -0.3 is 35.5 Å². The number of esters is 1. The van der Waals surface area contributed by atoms with Crippen molar-refractivity contribution >= 4 is 29.8 Å². The lowest BCUT2D eigenvalue weighted by Crippen LogP contribution is -2.59. The molecule has 0 saturated carbocycles. The Morgan fingerprint density at radius 1 is 1.02 bits per heavy atom. The highest BCUT2D eigenvalue weighted by atomic mass is 16.6. The molecule has 0 radical (unpaired) electrons. The summed E-state index contributed by atoms with van der Waals surface area (Å²) in [6.07, 6.45) is 3.63. The molecule has 5 atom stereocenters. The smallest absolute Gasteiger partial charge is 0.408 e. The molecule has 1 aromatic rings. The number of ether oxygens (including phenoxy) is 3. The Hall–Kier alpha value is -4.19. The van der Waals surface area contributed by atoms with E-state index in [0.29, 0.717) is 13.0 Å². The molecule has 46 heavy (non-hydrogen) atoms. The van der Waals surface area contributed by atoms with Crippen molar-refractivity contribution < 1.29 is 38.2 Å². The number of carbonyl (C=O) groups is 5. The molecule has 12 nitrogen and oxygen atoms in total. The van der Waals surface area contributed by atoms with Gasteiger partial charge in [-0.25, -0.2) is 9.59 Å². The van der Waals surface area contributed by atoms with E-state index in [-0.39, 0.29) is 43.8 Å². The molecule has 254 valence electrons. The predicted molar refractivity (Wildman–Crippen MR) is 173 cm³/mol. The monoisotopic (exact) mass is 642 g/mol. The van der Waals surface area contributed by atoms with Crippen LogP contribution in [0.25, 0.3) is 0 Å². The average Bonchev–Trinajstić information content (AvgIpc) is 3.39. The highest BCUT2D eigenvalue weighted by Crippen LogP contribution is 2.18. The van der Waals surface area contributed by atoms with Crippen LogP contribution in [0.4, 0.5) is 4.79 Å². The van der Waals surface area contributed by atoms with Crippen LogP contribution in [0.3, 0.4) is 0 Å². The van der Waals surface area contributed by atoms with Crippen LogP contribution in [-0.2, 0) is 40.0 Å². The number of nitrogens with one attached hydrogen (secondary N) is 4. The molecular formula is C34H50N4O8. The summed E-state index contributed by atoms with van der Waals surface area (Å²) in [6.45, 7) is 15.0. The highest BCUT2D eigenvalue weighted by molar-refractivity contribution is 5.92. The third-order valence-electron chi connectivity index (χ3n) is 6.95. The number of rotatable bonds is 17. The van der Waals surface area contributed by atoms with Gasteiger partial charge in [-0.05, 0) is 58.4 Å². The molecule has 1 heterocycles. The van der Waals surface area contributed by atoms with Crippen LogP contribution in [0.2, 0.25) is 0 Å². The molecule has 1 aromatic carbocycles. The minimum Gasteiger partial charge on any atom is -0.458 e. The molecule has 1 aliphatic rings. The molecule has 2 rings (SSSR count). The van der Waals surface area contributed by atoms with E-state index in [2.05, 4.69) is 27.8 Å². The third kappa shape index (κ3) is 14.3. The number of alkyl carbamates (subject to hydrolysis) is 1. The van der Waals surface area contributed by atoms with E-state index in [1.54, 1.807) is 6.92 Å². The second-order valence-electron chi connectivity index (χ2n) is 12.7. The summed E-state index contributed by atoms with van der Waals surface area (Å²) in [7, 11) is 0. The second-order valence-corrected chi connectivity index (χ2v) is 12.7. The van der Waals surface area contributed by atoms with E-state index in [0.717, 1.165) is 5.56 Å². The third-order valence-corrected chi connectivity index (χ3v) is 6.95. The Bertz CT molecular complexity index is 1210. The Balaban J connectivity index is 2.23. The fraction of sp³-hybridized carbons (Fsp3) is 0.559. The molecule has 0 bridgehead atoms. The molecule has 0 aliphatic carbocycles. The van der Waals surface area contributed by atoms with Gasteiger partial charge in [0.25, 0.3) is 0 Å². The first-order valence-electron chi connectivity index (χ1n) is 15.7. The normalized spacial score (nSPS) is 17.4. The summed E-state index contributed by atoms with van der Waals surface area (Å²) < 4.78 is 16.4. The maximum absolute atomic E-state index is 13.7. The lowest BCUT2D eigenvalue weighted by Gasteiger charge is -2.32. The molecule has 4 amide bonds. The first-order valence-corrected chi connectivity index (χ1v) is 15.7. The summed E-state index contributed by atoms with van der Waals surface area (Å²) >= 11 is 0. The van der Waals surface area contributed by atoms with Gasteiger partial charge in [0, 0.05) is 24.6 Å². The standard InChI is InChI=1S/C34H50N4O8/c1-8-18-44-28(39)15-14-26(20-25-16-17-35-30(25)40)36-31(41)27(19-22(2)3)37-32(42)29(23(4)46-34(5,6)7)38-33(43)45-21-24-12-10-9-11-13-24/h8-15,22-23,25-27,29H,1,16-21H2,2-7H3,(H,35,40)(H,36,41)(H,37,42)(H,38,43)/b15-14+/t23?,25?,26-,27+,29+/m1/s1. The highest BCUT2D eigenvalue weighted by Gasteiger charge is 2.35. The lowest BCUT2D eigenvalue weighted by atomic mass is 9.96. The zero-order chi connectivity index (χ0) is 34.3. The number of hydrogen-bond acceptors (Lipinski definition) is 8. The number of hydrogen-bond donors (Lipinski definition) is 4. The summed E-state index contributed by atoms with van der Waals surface area (Å²) in [5.74, 6) is -2.25. The molecule has 12 heteroatoms. The molecule has 1 aliphatic heterocycles. The van der Waals surface area contributed by atoms with E-state index in [4.69, 9.17) is 14.2 Å². The fourth-order valence-electron chi connectivity index (χ4n) is 4.91. The van der Waals surface area contributed by atoms with Crippen LogP contribution in [0.5, 0.6) is 0 Å². The van der Waals surface area contributed by atoms with Crippen molar-refractivity contribution in [2.75, 3.05) is 13.2 Å². The van der Waals surface area contributed by atoms with Crippen molar-refractivity contribution in [3.8, 4) is 0 Å². The zero-order valence-corrected chi connectivity index (χ0v) is 27.8. The SMILES string of the molecule is C=CCOC(=O)/C=C/[C@H](CC1CCNC1=O)NC(=O)[C@H](CC(C)C)NC(=O)[C@@H](NC(=O)OCc1ccccc1)C(C)OC(C)(C)C. The van der Waals surface area contributed by atoms with Crippen LogP contribution in [-0.4, -0.2) is 72.8 Å². The fourth-order valence-corrected chi connectivity index (χ4v) is 4.91. The van der Waals surface area contributed by atoms with Gasteiger partial charge >= 0.3 is 12.1 Å². The van der Waals surface area contributed by atoms with Gasteiger partial charge in [0.1, 0.15) is 25.3 Å². The van der Waals surface area contributed by atoms with Gasteiger partial charge in [-0.3, -0.25) is 14.4 Å². The van der Waals surface area contributed by atoms with Crippen LogP contribution >= 0.6 is 0 Å². The molecule has 2 unspecified atom stereocenters. The molecule has 1 saturated heterocycles. The molecule has 0 spiro atoms. The van der Waals surface area contributed by atoms with Gasteiger partial charge in [0.05, 0.1) is 11.7 Å². The number of amides is 4. The quantitative estimate of drug-likeness (QED) is 0.114. The predicted octanol–water partition coefficient (Wildman–Crippen LogP) is 3.31. The van der Waals surface area contributed by atoms with Gasteiger partial charge in [0.15, 0.2) is 0 Å². The number of benzene rings is 1. The van der Waals surface area contributed by atoms with Gasteiger partial charge in [0.2, 0.25) is 17.7 Å². The Labute approximate surface area is 272 Å². The second kappa shape index (κ2) is 18.7. The van der Waals surface area contributed by atoms with Gasteiger partial charge in [-0.15, -0.1) is 0 Å². The van der Waals surface area contributed by atoms with E-state index >= 15 is 0 Å². The van der Waals surface area contributed by atoms with Crippen LogP contribution in [0.15, 0.2) is 55.1 Å². The molecular weight excluding hydrogens is 592 g/mol. The number of carbonyl (C=O) groups excluding carboxylic acids is 5. The van der Waals surface area contributed by atoms with Crippen molar-refractivity contribution in [1.82, 2.24) is 21.3 Å². The van der Waals surface area contributed by atoms with Crippen molar-refractivity contribution in [1.29, 1.82) is 0 Å². The van der Waals surface area contributed by atoms with Crippen molar-refractivity contribution in [2.24, 2.45) is 11.8 Å². The van der Waals surface area contributed by atoms with Crippen molar-refractivity contribution in [3.63, 3.8) is 0 Å². The van der Waals surface area contributed by atoms with E-state index in [9.17, 15) is 24.0 Å². The molecule has 0 aromatic heterocycles. The largest absolute Gasteiger partial charge is 0.458 e. The van der Waals surface area contributed by atoms with E-state index in [1.165, 1.54) is 18.2 Å². The summed E-state index contributed by atoms with van der Waals surface area (Å²) in [4.78, 5) is 64.6. The van der Waals surface area contributed by atoms with Crippen molar-refractivity contribution in [2.45, 2.75) is 97.2 Å². The zero-order valence-electron chi connectivity index (χ0n) is 27.8. The minimum atomic E-state index is -1.19. The average molecular weight is 643 g/mol. The minimum absolute atomic E-state index is 0.00293. The first kappa shape index (κ1) is 38.0.